The van der Waals surface area contributed by atoms with E-state index in [1.165, 1.54) is 13.1 Å². The van der Waals surface area contributed by atoms with Crippen LogP contribution < -0.4 is 10.0 Å². The maximum atomic E-state index is 13.6. The summed E-state index contributed by atoms with van der Waals surface area (Å²) in [6.07, 6.45) is 0. The predicted molar refractivity (Wildman–Crippen MR) is 73.4 cm³/mol. The molecule has 0 saturated heterocycles. The molecule has 4 nitrogen and oxygen atoms in total. The smallest absolute Gasteiger partial charge is 0.212 e. The monoisotopic (exact) mass is 338 g/mol. The Balaban J connectivity index is 2.58. The SMILES string of the molecule is CNS(=O)(=O)CCNC(C)c1ccc(Br)cc1F. The van der Waals surface area contributed by atoms with Crippen molar-refractivity contribution < 1.29 is 12.8 Å². The lowest BCUT2D eigenvalue weighted by Crippen LogP contribution is -2.31. The lowest BCUT2D eigenvalue weighted by atomic mass is 10.1. The first-order valence-electron chi connectivity index (χ1n) is 5.45. The van der Waals surface area contributed by atoms with Gasteiger partial charge in [-0.05, 0) is 26.1 Å². The summed E-state index contributed by atoms with van der Waals surface area (Å²) >= 11 is 3.19. The normalized spacial score (nSPS) is 13.6. The van der Waals surface area contributed by atoms with E-state index < -0.39 is 10.0 Å². The van der Waals surface area contributed by atoms with Crippen LogP contribution in [0.2, 0.25) is 0 Å². The molecule has 2 N–H and O–H groups in total. The topological polar surface area (TPSA) is 58.2 Å². The Morgan fingerprint density at radius 3 is 2.67 bits per heavy atom. The highest BCUT2D eigenvalue weighted by molar-refractivity contribution is 9.10. The third-order valence-electron chi connectivity index (χ3n) is 2.56. The van der Waals surface area contributed by atoms with Gasteiger partial charge in [0.1, 0.15) is 5.82 Å². The van der Waals surface area contributed by atoms with E-state index in [0.29, 0.717) is 10.0 Å². The zero-order valence-corrected chi connectivity index (χ0v) is 12.6. The molecule has 0 saturated carbocycles. The maximum Gasteiger partial charge on any atom is 0.212 e. The van der Waals surface area contributed by atoms with E-state index >= 15 is 0 Å². The first-order valence-corrected chi connectivity index (χ1v) is 7.90. The number of benzene rings is 1. The van der Waals surface area contributed by atoms with Gasteiger partial charge in [-0.2, -0.15) is 0 Å². The molecule has 0 amide bonds. The van der Waals surface area contributed by atoms with Crippen molar-refractivity contribution >= 4 is 26.0 Å². The van der Waals surface area contributed by atoms with Crippen LogP contribution in [0.25, 0.3) is 0 Å². The van der Waals surface area contributed by atoms with Gasteiger partial charge in [0, 0.05) is 22.6 Å². The molecule has 0 radical (unpaired) electrons. The Hall–Kier alpha value is -0.500. The molecule has 1 unspecified atom stereocenters. The lowest BCUT2D eigenvalue weighted by molar-refractivity contribution is 0.535. The van der Waals surface area contributed by atoms with Crippen molar-refractivity contribution in [2.45, 2.75) is 13.0 Å². The summed E-state index contributed by atoms with van der Waals surface area (Å²) in [5.41, 5.74) is 0.514. The van der Waals surface area contributed by atoms with E-state index in [2.05, 4.69) is 26.0 Å². The number of nitrogens with one attached hydrogen (secondary N) is 2. The van der Waals surface area contributed by atoms with Gasteiger partial charge in [-0.3, -0.25) is 0 Å². The van der Waals surface area contributed by atoms with Crippen molar-refractivity contribution in [3.05, 3.63) is 34.1 Å². The van der Waals surface area contributed by atoms with E-state index in [0.717, 1.165) is 0 Å². The number of sulfonamides is 1. The van der Waals surface area contributed by atoms with Crippen LogP contribution in [0.4, 0.5) is 4.39 Å². The molecule has 1 aromatic carbocycles. The molecule has 18 heavy (non-hydrogen) atoms. The first kappa shape index (κ1) is 15.6. The van der Waals surface area contributed by atoms with Crippen molar-refractivity contribution in [1.29, 1.82) is 0 Å². The van der Waals surface area contributed by atoms with Gasteiger partial charge in [-0.15, -0.1) is 0 Å². The molecule has 0 aromatic heterocycles. The van der Waals surface area contributed by atoms with Gasteiger partial charge in [-0.25, -0.2) is 17.5 Å². The fraction of sp³-hybridized carbons (Fsp3) is 0.455. The molecule has 0 aliphatic heterocycles. The van der Waals surface area contributed by atoms with E-state index in [-0.39, 0.29) is 24.2 Å². The molecule has 0 spiro atoms. The fourth-order valence-electron chi connectivity index (χ4n) is 1.47. The van der Waals surface area contributed by atoms with Gasteiger partial charge in [-0.1, -0.05) is 22.0 Å². The molecule has 7 heteroatoms. The summed E-state index contributed by atoms with van der Waals surface area (Å²) < 4.78 is 38.9. The first-order chi connectivity index (χ1) is 8.35. The summed E-state index contributed by atoms with van der Waals surface area (Å²) in [6, 6.07) is 4.56. The molecular weight excluding hydrogens is 323 g/mol. The number of rotatable bonds is 6. The second-order valence-corrected chi connectivity index (χ2v) is 6.83. The molecule has 1 atom stereocenters. The van der Waals surface area contributed by atoms with Gasteiger partial charge in [0.2, 0.25) is 10.0 Å². The summed E-state index contributed by atoms with van der Waals surface area (Å²) in [5, 5.41) is 2.98. The highest BCUT2D eigenvalue weighted by Crippen LogP contribution is 2.20. The van der Waals surface area contributed by atoms with E-state index in [9.17, 15) is 12.8 Å². The van der Waals surface area contributed by atoms with E-state index in [4.69, 9.17) is 0 Å². The maximum absolute atomic E-state index is 13.6. The highest BCUT2D eigenvalue weighted by Gasteiger charge is 2.12. The third kappa shape index (κ3) is 4.64. The second kappa shape index (κ2) is 6.60. The minimum Gasteiger partial charge on any atom is -0.309 e. The Kier molecular flexibility index (Phi) is 5.71. The van der Waals surface area contributed by atoms with Crippen LogP contribution in [0, 0.1) is 5.82 Å². The Morgan fingerprint density at radius 1 is 1.44 bits per heavy atom. The molecule has 0 bridgehead atoms. The van der Waals surface area contributed by atoms with Gasteiger partial charge in [0.25, 0.3) is 0 Å². The molecular formula is C11H16BrFN2O2S. The van der Waals surface area contributed by atoms with Gasteiger partial charge in [0.15, 0.2) is 0 Å². The van der Waals surface area contributed by atoms with Crippen LogP contribution in [-0.4, -0.2) is 27.8 Å². The average Bonchev–Trinajstić information content (AvgIpc) is 2.28. The van der Waals surface area contributed by atoms with Crippen molar-refractivity contribution in [3.8, 4) is 0 Å². The van der Waals surface area contributed by atoms with Crippen LogP contribution >= 0.6 is 15.9 Å². The molecule has 0 fully saturated rings. The third-order valence-corrected chi connectivity index (χ3v) is 4.42. The summed E-state index contributed by atoms with van der Waals surface area (Å²) in [5.74, 6) is -0.354. The number of hydrogen-bond donors (Lipinski definition) is 2. The van der Waals surface area contributed by atoms with Crippen molar-refractivity contribution in [3.63, 3.8) is 0 Å². The summed E-state index contributed by atoms with van der Waals surface area (Å²) in [7, 11) is -1.86. The average molecular weight is 339 g/mol. The van der Waals surface area contributed by atoms with Crippen LogP contribution in [0.15, 0.2) is 22.7 Å². The highest BCUT2D eigenvalue weighted by atomic mass is 79.9. The Labute approximate surface area is 115 Å². The van der Waals surface area contributed by atoms with Gasteiger partial charge in [0.05, 0.1) is 5.75 Å². The Bertz CT molecular complexity index is 508. The standard InChI is InChI=1S/C11H16BrFN2O2S/c1-8(15-5-6-18(16,17)14-2)10-4-3-9(12)7-11(10)13/h3-4,7-8,14-15H,5-6H2,1-2H3. The largest absolute Gasteiger partial charge is 0.309 e. The van der Waals surface area contributed by atoms with Crippen LogP contribution in [0.1, 0.15) is 18.5 Å². The second-order valence-electron chi connectivity index (χ2n) is 3.86. The van der Waals surface area contributed by atoms with Crippen LogP contribution in [0.3, 0.4) is 0 Å². The zero-order valence-electron chi connectivity index (χ0n) is 10.2. The molecule has 102 valence electrons. The minimum atomic E-state index is -3.23. The molecule has 1 rings (SSSR count). The molecule has 0 heterocycles. The number of halogens is 2. The molecule has 1 aromatic rings. The predicted octanol–water partition coefficient (Wildman–Crippen LogP) is 1.79. The summed E-state index contributed by atoms with van der Waals surface area (Å²) in [6.45, 7) is 2.05. The van der Waals surface area contributed by atoms with Crippen LogP contribution in [0.5, 0.6) is 0 Å². The molecule has 0 aliphatic rings. The van der Waals surface area contributed by atoms with Gasteiger partial charge < -0.3 is 5.32 Å². The van der Waals surface area contributed by atoms with Gasteiger partial charge >= 0.3 is 0 Å². The van der Waals surface area contributed by atoms with Crippen molar-refractivity contribution in [1.82, 2.24) is 10.0 Å². The Morgan fingerprint density at radius 2 is 2.11 bits per heavy atom. The van der Waals surface area contributed by atoms with Crippen molar-refractivity contribution in [2.24, 2.45) is 0 Å². The van der Waals surface area contributed by atoms with E-state index in [1.807, 2.05) is 0 Å². The summed E-state index contributed by atoms with van der Waals surface area (Å²) in [4.78, 5) is 0. The molecule has 0 aliphatic carbocycles. The van der Waals surface area contributed by atoms with Crippen molar-refractivity contribution in [2.75, 3.05) is 19.3 Å². The minimum absolute atomic E-state index is 0.0357. The zero-order chi connectivity index (χ0) is 13.8. The van der Waals surface area contributed by atoms with Crippen LogP contribution in [-0.2, 0) is 10.0 Å². The van der Waals surface area contributed by atoms with E-state index in [1.54, 1.807) is 19.1 Å². The lowest BCUT2D eigenvalue weighted by Gasteiger charge is -2.15. The fourth-order valence-corrected chi connectivity index (χ4v) is 2.40. The quantitative estimate of drug-likeness (QED) is 0.831. The number of hydrogen-bond acceptors (Lipinski definition) is 3.